The van der Waals surface area contributed by atoms with E-state index in [1.165, 1.54) is 28.5 Å². The Labute approximate surface area is 184 Å². The molecule has 2 aromatic rings. The second-order valence-corrected chi connectivity index (χ2v) is 9.46. The minimum absolute atomic E-state index is 0.000358. The van der Waals surface area contributed by atoms with Crippen LogP contribution in [0, 0.1) is 0 Å². The SMILES string of the molecule is C=C/C(C)=C/[C@@]1(C)SC(=O)C(CCCCCc2ccc(-c3ccccc3)cc2)=C1O. The summed E-state index contributed by atoms with van der Waals surface area (Å²) < 4.78 is -0.662. The van der Waals surface area contributed by atoms with E-state index in [-0.39, 0.29) is 10.9 Å². The molecule has 3 rings (SSSR count). The van der Waals surface area contributed by atoms with Crippen molar-refractivity contribution in [2.75, 3.05) is 0 Å². The van der Waals surface area contributed by atoms with Gasteiger partial charge in [-0.2, -0.15) is 0 Å². The van der Waals surface area contributed by atoms with Crippen molar-refractivity contribution in [2.24, 2.45) is 0 Å². The Kier molecular flexibility index (Phi) is 7.38. The molecule has 30 heavy (non-hydrogen) atoms. The normalized spacial score (nSPS) is 19.4. The van der Waals surface area contributed by atoms with Crippen molar-refractivity contribution in [3.05, 3.63) is 95.8 Å². The summed E-state index contributed by atoms with van der Waals surface area (Å²) in [4.78, 5) is 12.4. The predicted molar refractivity (Wildman–Crippen MR) is 129 cm³/mol. The van der Waals surface area contributed by atoms with E-state index in [2.05, 4.69) is 55.1 Å². The molecule has 0 bridgehead atoms. The number of hydrogen-bond acceptors (Lipinski definition) is 3. The van der Waals surface area contributed by atoms with Crippen LogP contribution in [0.4, 0.5) is 0 Å². The Morgan fingerprint density at radius 1 is 1.00 bits per heavy atom. The van der Waals surface area contributed by atoms with Crippen LogP contribution in [0.1, 0.15) is 45.1 Å². The van der Waals surface area contributed by atoms with E-state index in [9.17, 15) is 9.90 Å². The molecule has 1 heterocycles. The Bertz CT molecular complexity index is 954. The van der Waals surface area contributed by atoms with Crippen LogP contribution >= 0.6 is 11.8 Å². The number of allylic oxidation sites excluding steroid dienone is 2. The summed E-state index contributed by atoms with van der Waals surface area (Å²) in [6, 6.07) is 19.2. The van der Waals surface area contributed by atoms with Crippen molar-refractivity contribution < 1.29 is 9.90 Å². The molecule has 2 nitrogen and oxygen atoms in total. The molecule has 3 heteroatoms. The first-order valence-corrected chi connectivity index (χ1v) is 11.4. The molecule has 0 fully saturated rings. The highest BCUT2D eigenvalue weighted by molar-refractivity contribution is 8.16. The lowest BCUT2D eigenvalue weighted by Gasteiger charge is -2.18. The second kappa shape index (κ2) is 9.99. The first-order valence-electron chi connectivity index (χ1n) is 10.5. The maximum atomic E-state index is 12.4. The van der Waals surface area contributed by atoms with Crippen molar-refractivity contribution in [2.45, 2.75) is 50.7 Å². The summed E-state index contributed by atoms with van der Waals surface area (Å²) in [6.07, 6.45) is 8.36. The summed E-state index contributed by atoms with van der Waals surface area (Å²) in [5.41, 5.74) is 5.36. The smallest absolute Gasteiger partial charge is 0.220 e. The quantitative estimate of drug-likeness (QED) is 0.340. The van der Waals surface area contributed by atoms with Crippen molar-refractivity contribution in [3.63, 3.8) is 0 Å². The van der Waals surface area contributed by atoms with E-state index in [1.807, 2.05) is 26.0 Å². The molecule has 1 atom stereocenters. The van der Waals surface area contributed by atoms with Gasteiger partial charge < -0.3 is 5.11 Å². The fourth-order valence-electron chi connectivity index (χ4n) is 3.81. The molecule has 156 valence electrons. The van der Waals surface area contributed by atoms with Gasteiger partial charge in [0.1, 0.15) is 5.76 Å². The molecule has 0 spiro atoms. The van der Waals surface area contributed by atoms with Crippen LogP contribution in [0.5, 0.6) is 0 Å². The topological polar surface area (TPSA) is 37.3 Å². The third-order valence-corrected chi connectivity index (χ3v) is 6.75. The van der Waals surface area contributed by atoms with Gasteiger partial charge in [0.25, 0.3) is 0 Å². The highest BCUT2D eigenvalue weighted by Crippen LogP contribution is 2.45. The maximum Gasteiger partial charge on any atom is 0.220 e. The molecule has 0 aromatic heterocycles. The Morgan fingerprint density at radius 3 is 2.30 bits per heavy atom. The van der Waals surface area contributed by atoms with Gasteiger partial charge in [0, 0.05) is 5.57 Å². The summed E-state index contributed by atoms with van der Waals surface area (Å²) in [5, 5.41) is 10.6. The molecule has 0 unspecified atom stereocenters. The molecule has 2 aromatic carbocycles. The average Bonchev–Trinajstić information content (AvgIpc) is 2.97. The number of thioether (sulfide) groups is 1. The van der Waals surface area contributed by atoms with E-state index in [0.717, 1.165) is 31.3 Å². The lowest BCUT2D eigenvalue weighted by atomic mass is 9.97. The highest BCUT2D eigenvalue weighted by Gasteiger charge is 2.41. The van der Waals surface area contributed by atoms with Gasteiger partial charge in [-0.25, -0.2) is 0 Å². The second-order valence-electron chi connectivity index (χ2n) is 8.04. The van der Waals surface area contributed by atoms with Crippen molar-refractivity contribution in [1.82, 2.24) is 0 Å². The first kappa shape index (κ1) is 22.2. The number of rotatable bonds is 9. The number of unbranched alkanes of at least 4 members (excludes halogenated alkanes) is 2. The van der Waals surface area contributed by atoms with E-state index in [0.29, 0.717) is 12.0 Å². The zero-order valence-corrected chi connectivity index (χ0v) is 18.7. The minimum Gasteiger partial charge on any atom is -0.510 e. The van der Waals surface area contributed by atoms with Crippen LogP contribution in [0.25, 0.3) is 11.1 Å². The van der Waals surface area contributed by atoms with Crippen molar-refractivity contribution >= 4 is 16.9 Å². The predicted octanol–water partition coefficient (Wildman–Crippen LogP) is 7.43. The number of aliphatic hydroxyl groups is 1. The van der Waals surface area contributed by atoms with Gasteiger partial charge in [0.2, 0.25) is 5.12 Å². The molecule has 0 saturated heterocycles. The summed E-state index contributed by atoms with van der Waals surface area (Å²) in [7, 11) is 0. The Hall–Kier alpha value is -2.52. The van der Waals surface area contributed by atoms with Gasteiger partial charge in [-0.3, -0.25) is 4.79 Å². The minimum atomic E-state index is -0.662. The molecular weight excluding hydrogens is 388 g/mol. The van der Waals surface area contributed by atoms with Crippen LogP contribution in [0.3, 0.4) is 0 Å². The number of hydrogen-bond donors (Lipinski definition) is 1. The van der Waals surface area contributed by atoms with E-state index in [4.69, 9.17) is 0 Å². The lowest BCUT2D eigenvalue weighted by Crippen LogP contribution is -2.17. The van der Waals surface area contributed by atoms with Gasteiger partial charge in [-0.1, -0.05) is 97.1 Å². The Morgan fingerprint density at radius 2 is 1.63 bits per heavy atom. The molecule has 1 N–H and O–H groups in total. The third kappa shape index (κ3) is 5.34. The fraction of sp³-hybridized carbons (Fsp3) is 0.296. The van der Waals surface area contributed by atoms with Gasteiger partial charge in [-0.05, 0) is 56.2 Å². The zero-order valence-electron chi connectivity index (χ0n) is 17.9. The number of aryl methyl sites for hydroxylation is 1. The lowest BCUT2D eigenvalue weighted by molar-refractivity contribution is -0.108. The van der Waals surface area contributed by atoms with E-state index < -0.39 is 4.75 Å². The van der Waals surface area contributed by atoms with Crippen LogP contribution < -0.4 is 0 Å². The number of aliphatic hydroxyl groups excluding tert-OH is 1. The average molecular weight is 419 g/mol. The fourth-order valence-corrected chi connectivity index (χ4v) is 4.98. The first-order chi connectivity index (χ1) is 14.4. The van der Waals surface area contributed by atoms with Gasteiger partial charge in [0.05, 0.1) is 4.75 Å². The zero-order chi connectivity index (χ0) is 21.6. The summed E-state index contributed by atoms with van der Waals surface area (Å²) in [5.74, 6) is 0.218. The Balaban J connectivity index is 1.49. The molecule has 0 radical (unpaired) electrons. The highest BCUT2D eigenvalue weighted by atomic mass is 32.2. The monoisotopic (exact) mass is 418 g/mol. The maximum absolute atomic E-state index is 12.4. The number of carbonyl (C=O) groups excluding carboxylic acids is 1. The van der Waals surface area contributed by atoms with E-state index in [1.54, 1.807) is 6.08 Å². The van der Waals surface area contributed by atoms with Crippen LogP contribution in [-0.4, -0.2) is 15.0 Å². The summed E-state index contributed by atoms with van der Waals surface area (Å²) in [6.45, 7) is 7.58. The molecule has 1 aliphatic heterocycles. The molecular formula is C27H30O2S. The molecule has 1 aliphatic rings. The van der Waals surface area contributed by atoms with Crippen molar-refractivity contribution in [3.8, 4) is 11.1 Å². The van der Waals surface area contributed by atoms with Crippen LogP contribution in [0.2, 0.25) is 0 Å². The standard InChI is InChI=1S/C27H30O2S/c1-4-20(2)19-27(3)25(28)24(26(29)30-27)14-10-5-7-11-21-15-17-23(18-16-21)22-12-8-6-9-13-22/h4,6,8-9,12-13,15-19,28H,1,5,7,10-11,14H2,2-3H3/b20-19+/t27-/m1/s1. The van der Waals surface area contributed by atoms with Gasteiger partial charge in [-0.15, -0.1) is 0 Å². The summed E-state index contributed by atoms with van der Waals surface area (Å²) >= 11 is 1.20. The van der Waals surface area contributed by atoms with Gasteiger partial charge >= 0.3 is 0 Å². The molecule has 0 amide bonds. The van der Waals surface area contributed by atoms with Crippen molar-refractivity contribution in [1.29, 1.82) is 0 Å². The van der Waals surface area contributed by atoms with Crippen LogP contribution in [-0.2, 0) is 11.2 Å². The number of benzene rings is 2. The number of carbonyl (C=O) groups is 1. The largest absolute Gasteiger partial charge is 0.510 e. The van der Waals surface area contributed by atoms with E-state index >= 15 is 0 Å². The molecule has 0 aliphatic carbocycles. The van der Waals surface area contributed by atoms with Crippen LogP contribution in [0.15, 0.2) is 90.2 Å². The van der Waals surface area contributed by atoms with Gasteiger partial charge in [0.15, 0.2) is 0 Å². The molecule has 0 saturated carbocycles. The third-order valence-electron chi connectivity index (χ3n) is 5.59.